The molecule has 1 fully saturated rings. The number of likely N-dealkylation sites (tertiary alicyclic amines) is 1. The highest BCUT2D eigenvalue weighted by molar-refractivity contribution is 5.40. The van der Waals surface area contributed by atoms with E-state index in [0.717, 1.165) is 0 Å². The monoisotopic (exact) mass is 217 g/mol. The first kappa shape index (κ1) is 10.2. The van der Waals surface area contributed by atoms with Gasteiger partial charge in [0.05, 0.1) is 0 Å². The summed E-state index contributed by atoms with van der Waals surface area (Å²) in [7, 11) is 0. The minimum atomic E-state index is 0.419. The molecule has 1 unspecified atom stereocenters. The summed E-state index contributed by atoms with van der Waals surface area (Å²) in [5, 5.41) is 9.59. The highest BCUT2D eigenvalue weighted by Gasteiger charge is 2.28. The van der Waals surface area contributed by atoms with Crippen molar-refractivity contribution in [2.75, 3.05) is 13.1 Å². The van der Waals surface area contributed by atoms with Gasteiger partial charge in [-0.3, -0.25) is 4.90 Å². The lowest BCUT2D eigenvalue weighted by molar-refractivity contribution is 0.163. The maximum absolute atomic E-state index is 9.59. The van der Waals surface area contributed by atoms with Crippen LogP contribution in [0.1, 0.15) is 42.9 Å². The molecule has 1 atom stereocenters. The first-order valence-electron chi connectivity index (χ1n) is 6.40. The van der Waals surface area contributed by atoms with Crippen LogP contribution in [0.4, 0.5) is 0 Å². The Labute approximate surface area is 96.9 Å². The Morgan fingerprint density at radius 2 is 1.94 bits per heavy atom. The number of hydrogen-bond donors (Lipinski definition) is 1. The Hall–Kier alpha value is -1.02. The maximum atomic E-state index is 9.59. The van der Waals surface area contributed by atoms with Gasteiger partial charge in [-0.2, -0.15) is 0 Å². The number of piperidine rings is 1. The van der Waals surface area contributed by atoms with Crippen molar-refractivity contribution < 1.29 is 5.11 Å². The van der Waals surface area contributed by atoms with Gasteiger partial charge in [0, 0.05) is 6.04 Å². The van der Waals surface area contributed by atoms with Crippen LogP contribution in [0, 0.1) is 0 Å². The fraction of sp³-hybridized carbons (Fsp3) is 0.571. The smallest absolute Gasteiger partial charge is 0.115 e. The van der Waals surface area contributed by atoms with Crippen LogP contribution >= 0.6 is 0 Å². The van der Waals surface area contributed by atoms with E-state index in [1.807, 2.05) is 12.1 Å². The largest absolute Gasteiger partial charge is 0.508 e. The van der Waals surface area contributed by atoms with Crippen LogP contribution in [0.3, 0.4) is 0 Å². The van der Waals surface area contributed by atoms with Gasteiger partial charge in [0.25, 0.3) is 0 Å². The molecule has 0 aromatic heterocycles. The number of nitrogens with zero attached hydrogens (tertiary/aromatic N) is 1. The molecule has 3 rings (SSSR count). The summed E-state index contributed by atoms with van der Waals surface area (Å²) < 4.78 is 0. The fourth-order valence-corrected chi connectivity index (χ4v) is 3.18. The molecule has 1 aliphatic carbocycles. The van der Waals surface area contributed by atoms with Gasteiger partial charge in [-0.25, -0.2) is 0 Å². The number of aromatic hydroxyl groups is 1. The van der Waals surface area contributed by atoms with Crippen LogP contribution in [-0.2, 0) is 6.42 Å². The lowest BCUT2D eigenvalue weighted by Gasteiger charge is -2.32. The Morgan fingerprint density at radius 1 is 1.12 bits per heavy atom. The van der Waals surface area contributed by atoms with E-state index < -0.39 is 0 Å². The molecule has 0 spiro atoms. The number of aryl methyl sites for hydroxylation is 1. The van der Waals surface area contributed by atoms with Crippen LogP contribution in [-0.4, -0.2) is 23.1 Å². The third-order valence-corrected chi connectivity index (χ3v) is 4.01. The SMILES string of the molecule is Oc1ccc2c(c1)C(N1CCCCC1)CC2. The average molecular weight is 217 g/mol. The van der Waals surface area contributed by atoms with Crippen LogP contribution in [0.2, 0.25) is 0 Å². The molecule has 1 aliphatic heterocycles. The van der Waals surface area contributed by atoms with Crippen LogP contribution in [0.5, 0.6) is 5.75 Å². The zero-order valence-electron chi connectivity index (χ0n) is 9.65. The first-order chi connectivity index (χ1) is 7.84. The van der Waals surface area contributed by atoms with Crippen molar-refractivity contribution in [3.63, 3.8) is 0 Å². The van der Waals surface area contributed by atoms with Gasteiger partial charge in [0.2, 0.25) is 0 Å². The van der Waals surface area contributed by atoms with Gasteiger partial charge in [0.1, 0.15) is 5.75 Å². The van der Waals surface area contributed by atoms with Gasteiger partial charge in [-0.05, 0) is 62.0 Å². The molecular weight excluding hydrogens is 198 g/mol. The molecule has 86 valence electrons. The molecule has 2 nitrogen and oxygen atoms in total. The molecule has 1 aromatic carbocycles. The molecule has 2 aliphatic rings. The molecule has 2 heteroatoms. The quantitative estimate of drug-likeness (QED) is 0.782. The lowest BCUT2D eigenvalue weighted by Crippen LogP contribution is -2.32. The van der Waals surface area contributed by atoms with Gasteiger partial charge in [0.15, 0.2) is 0 Å². The second-order valence-electron chi connectivity index (χ2n) is 5.03. The number of benzene rings is 1. The standard InChI is InChI=1S/C14H19NO/c16-12-6-4-11-5-7-14(13(11)10-12)15-8-2-1-3-9-15/h4,6,10,14,16H,1-3,5,7-9H2. The first-order valence-corrected chi connectivity index (χ1v) is 6.40. The average Bonchev–Trinajstić information content (AvgIpc) is 2.73. The minimum absolute atomic E-state index is 0.419. The summed E-state index contributed by atoms with van der Waals surface area (Å²) in [5.74, 6) is 0.419. The number of fused-ring (bicyclic) bond motifs is 1. The molecule has 0 bridgehead atoms. The van der Waals surface area contributed by atoms with E-state index in [9.17, 15) is 5.11 Å². The summed E-state index contributed by atoms with van der Waals surface area (Å²) in [6.07, 6.45) is 6.47. The molecule has 16 heavy (non-hydrogen) atoms. The van der Waals surface area contributed by atoms with Gasteiger partial charge >= 0.3 is 0 Å². The Bertz CT molecular complexity index is 382. The number of phenols is 1. The van der Waals surface area contributed by atoms with Crippen LogP contribution < -0.4 is 0 Å². The molecule has 0 radical (unpaired) electrons. The highest BCUT2D eigenvalue weighted by atomic mass is 16.3. The van der Waals surface area contributed by atoms with E-state index in [1.54, 1.807) is 0 Å². The summed E-state index contributed by atoms with van der Waals surface area (Å²) in [6, 6.07) is 6.45. The third-order valence-electron chi connectivity index (χ3n) is 4.01. The van der Waals surface area contributed by atoms with E-state index in [2.05, 4.69) is 11.0 Å². The van der Waals surface area contributed by atoms with Gasteiger partial charge < -0.3 is 5.11 Å². The lowest BCUT2D eigenvalue weighted by atomic mass is 10.0. The highest BCUT2D eigenvalue weighted by Crippen LogP contribution is 2.38. The maximum Gasteiger partial charge on any atom is 0.115 e. The number of phenolic OH excluding ortho intramolecular Hbond substituents is 1. The van der Waals surface area contributed by atoms with Gasteiger partial charge in [-0.1, -0.05) is 12.5 Å². The molecule has 1 aromatic rings. The van der Waals surface area contributed by atoms with Crippen molar-refractivity contribution >= 4 is 0 Å². The van der Waals surface area contributed by atoms with Crippen molar-refractivity contribution in [1.82, 2.24) is 4.90 Å². The van der Waals surface area contributed by atoms with Crippen molar-refractivity contribution in [1.29, 1.82) is 0 Å². The van der Waals surface area contributed by atoms with E-state index in [0.29, 0.717) is 11.8 Å². The number of rotatable bonds is 1. The van der Waals surface area contributed by atoms with E-state index in [1.165, 1.54) is 56.3 Å². The predicted octanol–water partition coefficient (Wildman–Crippen LogP) is 2.87. The zero-order valence-corrected chi connectivity index (χ0v) is 9.65. The molecule has 1 heterocycles. The predicted molar refractivity (Wildman–Crippen MR) is 64.6 cm³/mol. The van der Waals surface area contributed by atoms with E-state index >= 15 is 0 Å². The molecule has 1 N–H and O–H groups in total. The summed E-state index contributed by atoms with van der Waals surface area (Å²) in [5.41, 5.74) is 2.82. The second-order valence-corrected chi connectivity index (χ2v) is 5.03. The Morgan fingerprint density at radius 3 is 2.75 bits per heavy atom. The fourth-order valence-electron chi connectivity index (χ4n) is 3.18. The normalized spacial score (nSPS) is 25.6. The summed E-state index contributed by atoms with van der Waals surface area (Å²) >= 11 is 0. The van der Waals surface area contributed by atoms with E-state index in [4.69, 9.17) is 0 Å². The van der Waals surface area contributed by atoms with Gasteiger partial charge in [-0.15, -0.1) is 0 Å². The van der Waals surface area contributed by atoms with Crippen molar-refractivity contribution in [3.05, 3.63) is 29.3 Å². The zero-order chi connectivity index (χ0) is 11.0. The summed E-state index contributed by atoms with van der Waals surface area (Å²) in [6.45, 7) is 2.47. The van der Waals surface area contributed by atoms with Crippen LogP contribution in [0.25, 0.3) is 0 Å². The van der Waals surface area contributed by atoms with E-state index in [-0.39, 0.29) is 0 Å². The number of hydrogen-bond acceptors (Lipinski definition) is 2. The second kappa shape index (κ2) is 4.10. The Balaban J connectivity index is 1.86. The molecule has 0 amide bonds. The van der Waals surface area contributed by atoms with Crippen molar-refractivity contribution in [2.45, 2.75) is 38.1 Å². The van der Waals surface area contributed by atoms with Crippen molar-refractivity contribution in [2.24, 2.45) is 0 Å². The summed E-state index contributed by atoms with van der Waals surface area (Å²) in [4.78, 5) is 2.61. The molecular formula is C14H19NO. The van der Waals surface area contributed by atoms with Crippen LogP contribution in [0.15, 0.2) is 18.2 Å². The molecule has 0 saturated carbocycles. The minimum Gasteiger partial charge on any atom is -0.508 e. The Kier molecular flexibility index (Phi) is 2.60. The molecule has 1 saturated heterocycles. The van der Waals surface area contributed by atoms with Crippen molar-refractivity contribution in [3.8, 4) is 5.75 Å². The third kappa shape index (κ3) is 1.71. The topological polar surface area (TPSA) is 23.5 Å².